The molecule has 3 saturated heterocycles. The monoisotopic (exact) mass is 757 g/mol. The van der Waals surface area contributed by atoms with Crippen LogP contribution in [-0.4, -0.2) is 120 Å². The van der Waals surface area contributed by atoms with E-state index in [0.717, 1.165) is 56.9 Å². The number of esters is 1. The minimum atomic E-state index is -0.593. The van der Waals surface area contributed by atoms with E-state index in [2.05, 4.69) is 51.1 Å². The predicted octanol–water partition coefficient (Wildman–Crippen LogP) is 5.73. The van der Waals surface area contributed by atoms with Crippen LogP contribution in [-0.2, 0) is 47.5 Å². The number of rotatable bonds is 9. The molecule has 2 saturated carbocycles. The van der Waals surface area contributed by atoms with Gasteiger partial charge in [-0.1, -0.05) is 32.1 Å². The molecule has 0 aromatic carbocycles. The number of hydrogen-bond acceptors (Lipinski definition) is 11. The topological polar surface area (TPSA) is 111 Å². The van der Waals surface area contributed by atoms with E-state index in [1.165, 1.54) is 0 Å². The first-order valence-corrected chi connectivity index (χ1v) is 20.9. The van der Waals surface area contributed by atoms with E-state index >= 15 is 0 Å². The Morgan fingerprint density at radius 1 is 0.759 bits per heavy atom. The van der Waals surface area contributed by atoms with Gasteiger partial charge < -0.3 is 42.8 Å². The van der Waals surface area contributed by atoms with Gasteiger partial charge in [-0.3, -0.25) is 9.59 Å². The van der Waals surface area contributed by atoms with Crippen LogP contribution in [0.3, 0.4) is 0 Å². The molecule has 11 heteroatoms. The Balaban J connectivity index is 1.10. The molecule has 0 aromatic rings. The molecule has 0 bridgehead atoms. The van der Waals surface area contributed by atoms with Gasteiger partial charge in [0.1, 0.15) is 24.4 Å². The number of ether oxygens (including phenoxy) is 8. The summed E-state index contributed by atoms with van der Waals surface area (Å²) in [7, 11) is 9.18. The van der Waals surface area contributed by atoms with Crippen LogP contribution in [0.4, 0.5) is 0 Å². The van der Waals surface area contributed by atoms with Crippen molar-refractivity contribution in [1.82, 2.24) is 4.90 Å². The molecule has 4 aliphatic carbocycles. The summed E-state index contributed by atoms with van der Waals surface area (Å²) in [5.41, 5.74) is 0.776. The summed E-state index contributed by atoms with van der Waals surface area (Å²) < 4.78 is 50.0. The van der Waals surface area contributed by atoms with Crippen molar-refractivity contribution in [1.29, 1.82) is 0 Å². The first-order chi connectivity index (χ1) is 25.9. The first-order valence-electron chi connectivity index (χ1n) is 20.9. The molecular weight excluding hydrogens is 690 g/mol. The van der Waals surface area contributed by atoms with Gasteiger partial charge in [0.2, 0.25) is 0 Å². The van der Waals surface area contributed by atoms with Crippen LogP contribution >= 0.6 is 0 Å². The molecule has 3 aliphatic heterocycles. The summed E-state index contributed by atoms with van der Waals surface area (Å²) in [4.78, 5) is 30.8. The van der Waals surface area contributed by atoms with Crippen molar-refractivity contribution in [3.8, 4) is 0 Å². The number of hydrogen-bond donors (Lipinski definition) is 0. The number of ketones is 1. The number of fused-ring (bicyclic) bond motifs is 5. The van der Waals surface area contributed by atoms with Gasteiger partial charge in [-0.05, 0) is 120 Å². The summed E-state index contributed by atoms with van der Waals surface area (Å²) in [5.74, 6) is 1.05. The molecule has 19 atom stereocenters. The zero-order chi connectivity index (χ0) is 38.4. The molecule has 11 nitrogen and oxygen atoms in total. The Hall–Kier alpha value is -1.70. The quantitative estimate of drug-likeness (QED) is 0.212. The summed E-state index contributed by atoms with van der Waals surface area (Å²) in [5, 5.41) is 0. The summed E-state index contributed by atoms with van der Waals surface area (Å²) in [6.45, 7) is 8.37. The van der Waals surface area contributed by atoms with Crippen molar-refractivity contribution in [2.45, 2.75) is 153 Å². The van der Waals surface area contributed by atoms with Crippen LogP contribution in [0.15, 0.2) is 23.8 Å². The van der Waals surface area contributed by atoms with Crippen molar-refractivity contribution in [3.63, 3.8) is 0 Å². The normalized spacial score (nSPS) is 48.3. The Morgan fingerprint density at radius 3 is 2.17 bits per heavy atom. The van der Waals surface area contributed by atoms with Crippen molar-refractivity contribution in [3.05, 3.63) is 23.8 Å². The van der Waals surface area contributed by atoms with Crippen LogP contribution in [0.2, 0.25) is 0 Å². The fraction of sp³-hybridized carbons (Fsp3) is 0.860. The molecule has 3 heterocycles. The van der Waals surface area contributed by atoms with Gasteiger partial charge in [-0.25, -0.2) is 0 Å². The lowest BCUT2D eigenvalue weighted by atomic mass is 9.70. The van der Waals surface area contributed by atoms with Crippen LogP contribution in [0.5, 0.6) is 0 Å². The minimum absolute atomic E-state index is 0.0392. The van der Waals surface area contributed by atoms with Crippen LogP contribution < -0.4 is 0 Å². The molecule has 7 rings (SSSR count). The van der Waals surface area contributed by atoms with E-state index in [-0.39, 0.29) is 96.8 Å². The Bertz CT molecular complexity index is 1390. The van der Waals surface area contributed by atoms with Gasteiger partial charge >= 0.3 is 5.97 Å². The number of nitrogens with zero attached hydrogens (tertiary/aromatic N) is 1. The number of methoxy groups -OCH3 is 3. The summed E-state index contributed by atoms with van der Waals surface area (Å²) in [6.07, 6.45) is 11.4. The number of allylic oxidation sites excluding steroid dienone is 4. The highest BCUT2D eigenvalue weighted by Crippen LogP contribution is 2.54. The fourth-order valence-corrected chi connectivity index (χ4v) is 11.2. The standard InChI is InChI=1S/C43H67NO10/c1-22-17-29(22)36-12-10-11-35(54-38-16-15-34(44(5)6)24(3)50-38)23(2)39(46)33-20-31-28(32(33)21-37(45)53-36)14-13-26-18-27(19-30(26)31)52-43-42(49-9)41(48-8)40(47-7)25(4)51-43/h13-14,20,22-32,34-36,38,40-43H,10-12,15-19,21H2,1-9H3/t22?,23-,24-,25+,26-,27-,28-,29?,30-,31-,32+,34+,35+,36-,38+,40+,41-,42-,43+/m1/s1. The lowest BCUT2D eigenvalue weighted by molar-refractivity contribution is -0.314. The van der Waals surface area contributed by atoms with Gasteiger partial charge in [0.25, 0.3) is 0 Å². The Morgan fingerprint density at radius 2 is 1.50 bits per heavy atom. The third-order valence-electron chi connectivity index (χ3n) is 14.4. The summed E-state index contributed by atoms with van der Waals surface area (Å²) >= 11 is 0. The second kappa shape index (κ2) is 17.0. The number of cyclic esters (lactones) is 1. The highest BCUT2D eigenvalue weighted by atomic mass is 16.7. The molecular formula is C43H67NO10. The third-order valence-corrected chi connectivity index (χ3v) is 14.4. The molecule has 0 amide bonds. The highest BCUT2D eigenvalue weighted by Gasteiger charge is 2.53. The second-order valence-electron chi connectivity index (χ2n) is 17.9. The largest absolute Gasteiger partial charge is 0.462 e. The molecule has 0 radical (unpaired) electrons. The van der Waals surface area contributed by atoms with Crippen molar-refractivity contribution < 1.29 is 47.5 Å². The van der Waals surface area contributed by atoms with Gasteiger partial charge in [0.05, 0.1) is 30.8 Å². The lowest BCUT2D eigenvalue weighted by Crippen LogP contribution is -2.59. The van der Waals surface area contributed by atoms with Crippen LogP contribution in [0.1, 0.15) is 85.5 Å². The van der Waals surface area contributed by atoms with Crippen molar-refractivity contribution >= 4 is 11.8 Å². The van der Waals surface area contributed by atoms with E-state index in [9.17, 15) is 9.59 Å². The van der Waals surface area contributed by atoms with E-state index in [4.69, 9.17) is 37.9 Å². The van der Waals surface area contributed by atoms with Gasteiger partial charge in [-0.2, -0.15) is 0 Å². The van der Waals surface area contributed by atoms with E-state index in [1.807, 2.05) is 13.8 Å². The zero-order valence-corrected chi connectivity index (χ0v) is 34.1. The number of Topliss-reactive ketones (excluding diaryl/α,β-unsaturated/α-hetero) is 1. The van der Waals surface area contributed by atoms with E-state index in [0.29, 0.717) is 23.8 Å². The SMILES string of the molecule is CO[C@@H]1[C@@H](OC)[C@H](C)O[C@@H](O[C@H]2C[C@H]3[C@@H]4C=C5C(=O)[C@H](C)[C@@H](O[C@H]6CC[C@H](N(C)C)[C@@H](C)O6)CCC[C@H](C6CC6C)OC(=O)C[C@H]5[C@@H]4C=C[C@@H]3C2)[C@@H]1OC. The van der Waals surface area contributed by atoms with Gasteiger partial charge in [0.15, 0.2) is 18.4 Å². The molecule has 0 spiro atoms. The average molecular weight is 758 g/mol. The lowest BCUT2D eigenvalue weighted by Gasteiger charge is -2.44. The number of likely N-dealkylation sites (N-methyl/N-ethyl adjacent to an activating group) is 1. The fourth-order valence-electron chi connectivity index (χ4n) is 11.2. The van der Waals surface area contributed by atoms with Gasteiger partial charge in [-0.15, -0.1) is 0 Å². The van der Waals surface area contributed by atoms with E-state index < -0.39 is 12.4 Å². The van der Waals surface area contributed by atoms with Crippen LogP contribution in [0.25, 0.3) is 0 Å². The maximum Gasteiger partial charge on any atom is 0.306 e. The maximum absolute atomic E-state index is 14.8. The molecule has 54 heavy (non-hydrogen) atoms. The smallest absolute Gasteiger partial charge is 0.306 e. The molecule has 7 aliphatic rings. The average Bonchev–Trinajstić information content (AvgIpc) is 3.54. The van der Waals surface area contributed by atoms with Crippen molar-refractivity contribution in [2.75, 3.05) is 35.4 Å². The molecule has 0 aromatic heterocycles. The molecule has 2 unspecified atom stereocenters. The number of carbonyl (C=O) groups is 2. The predicted molar refractivity (Wildman–Crippen MR) is 201 cm³/mol. The van der Waals surface area contributed by atoms with Crippen LogP contribution in [0, 0.1) is 47.3 Å². The minimum Gasteiger partial charge on any atom is -0.462 e. The number of carbonyl (C=O) groups excluding carboxylic acids is 2. The third kappa shape index (κ3) is 8.17. The highest BCUT2D eigenvalue weighted by molar-refractivity contribution is 5.99. The summed E-state index contributed by atoms with van der Waals surface area (Å²) in [6, 6.07) is 0.340. The zero-order valence-electron chi connectivity index (χ0n) is 34.1. The molecule has 0 N–H and O–H groups in total. The van der Waals surface area contributed by atoms with Gasteiger partial charge in [0, 0.05) is 39.2 Å². The maximum atomic E-state index is 14.8. The Kier molecular flexibility index (Phi) is 12.8. The van der Waals surface area contributed by atoms with Crippen molar-refractivity contribution in [2.24, 2.45) is 47.3 Å². The Labute approximate surface area is 323 Å². The first kappa shape index (κ1) is 40.5. The second-order valence-corrected chi connectivity index (χ2v) is 17.9. The molecule has 5 fully saturated rings. The molecule has 304 valence electrons. The van der Waals surface area contributed by atoms with E-state index in [1.54, 1.807) is 21.3 Å².